The minimum atomic E-state index is -0.449. The summed E-state index contributed by atoms with van der Waals surface area (Å²) in [6.45, 7) is 4.02. The van der Waals surface area contributed by atoms with Gasteiger partial charge >= 0.3 is 0 Å². The van der Waals surface area contributed by atoms with Gasteiger partial charge in [-0.05, 0) is 24.0 Å². The lowest BCUT2D eigenvalue weighted by molar-refractivity contribution is 0.0996. The summed E-state index contributed by atoms with van der Waals surface area (Å²) >= 11 is 4.14. The number of rotatable bonds is 3. The maximum absolute atomic E-state index is 11.2. The van der Waals surface area contributed by atoms with E-state index in [-0.39, 0.29) is 0 Å². The van der Waals surface area contributed by atoms with Crippen LogP contribution < -0.4 is 5.73 Å². The first kappa shape index (κ1) is 11.0. The second-order valence-electron chi connectivity index (χ2n) is 3.03. The molecule has 1 rings (SSSR count). The topological polar surface area (TPSA) is 56.0 Å². The number of primary amides is 1. The van der Waals surface area contributed by atoms with Crippen LogP contribution in [0.25, 0.3) is 0 Å². The molecule has 14 heavy (non-hydrogen) atoms. The monoisotopic (exact) mass is 210 g/mol. The van der Waals surface area contributed by atoms with Gasteiger partial charge in [-0.1, -0.05) is 13.8 Å². The molecule has 1 aromatic rings. The molecule has 0 spiro atoms. The van der Waals surface area contributed by atoms with Crippen molar-refractivity contribution in [2.75, 3.05) is 0 Å². The molecule has 0 aliphatic rings. The van der Waals surface area contributed by atoms with Crippen LogP contribution in [0.1, 0.15) is 35.3 Å². The van der Waals surface area contributed by atoms with E-state index in [2.05, 4.69) is 17.6 Å². The van der Waals surface area contributed by atoms with Crippen LogP contribution in [-0.2, 0) is 12.8 Å². The molecule has 0 aliphatic carbocycles. The smallest absolute Gasteiger partial charge is 0.251 e. The van der Waals surface area contributed by atoms with E-state index in [9.17, 15) is 4.79 Å². The van der Waals surface area contributed by atoms with Gasteiger partial charge in [0.15, 0.2) is 0 Å². The summed E-state index contributed by atoms with van der Waals surface area (Å²) in [4.78, 5) is 15.2. The first-order chi connectivity index (χ1) is 6.61. The number of carbonyl (C=O) groups excluding carboxylic acids is 1. The molecule has 0 saturated carbocycles. The molecule has 0 bridgehead atoms. The fraction of sp³-hybridized carbons (Fsp3) is 0.400. The van der Waals surface area contributed by atoms with Crippen molar-refractivity contribution in [3.63, 3.8) is 0 Å². The van der Waals surface area contributed by atoms with Crippen LogP contribution in [0, 0.1) is 0 Å². The van der Waals surface area contributed by atoms with Gasteiger partial charge in [0.1, 0.15) is 5.03 Å². The first-order valence-corrected chi connectivity index (χ1v) is 5.06. The molecule has 0 unspecified atom stereocenters. The molecule has 1 amide bonds. The number of hydrogen-bond acceptors (Lipinski definition) is 3. The minimum absolute atomic E-state index is 0.423. The van der Waals surface area contributed by atoms with Crippen molar-refractivity contribution in [1.29, 1.82) is 0 Å². The molecule has 0 atom stereocenters. The molecule has 2 N–H and O–H groups in total. The number of amides is 1. The van der Waals surface area contributed by atoms with Gasteiger partial charge in [0, 0.05) is 6.20 Å². The lowest BCUT2D eigenvalue weighted by atomic mass is 10.00. The van der Waals surface area contributed by atoms with E-state index in [1.54, 1.807) is 6.20 Å². The van der Waals surface area contributed by atoms with Crippen molar-refractivity contribution < 1.29 is 4.79 Å². The fourth-order valence-electron chi connectivity index (χ4n) is 1.54. The van der Waals surface area contributed by atoms with Crippen molar-refractivity contribution in [3.05, 3.63) is 22.9 Å². The molecule has 0 aromatic carbocycles. The van der Waals surface area contributed by atoms with Gasteiger partial charge in [-0.2, -0.15) is 0 Å². The van der Waals surface area contributed by atoms with Crippen LogP contribution in [-0.4, -0.2) is 10.9 Å². The Labute approximate surface area is 89.1 Å². The maximum atomic E-state index is 11.2. The third kappa shape index (κ3) is 1.90. The number of carbonyl (C=O) groups is 1. The highest BCUT2D eigenvalue weighted by Gasteiger charge is 2.14. The summed E-state index contributed by atoms with van der Waals surface area (Å²) in [5, 5.41) is 0.423. The number of nitrogens with two attached hydrogens (primary N) is 1. The molecular formula is C10H14N2OS. The van der Waals surface area contributed by atoms with Crippen LogP contribution in [0.5, 0.6) is 0 Å². The highest BCUT2D eigenvalue weighted by atomic mass is 32.1. The van der Waals surface area contributed by atoms with Crippen LogP contribution in [0.15, 0.2) is 11.2 Å². The van der Waals surface area contributed by atoms with Gasteiger partial charge in [0.25, 0.3) is 5.91 Å². The summed E-state index contributed by atoms with van der Waals surface area (Å²) in [6, 6.07) is 0. The molecule has 4 heteroatoms. The second kappa shape index (κ2) is 4.46. The summed E-state index contributed by atoms with van der Waals surface area (Å²) < 4.78 is 0. The molecule has 1 heterocycles. The van der Waals surface area contributed by atoms with E-state index >= 15 is 0 Å². The van der Waals surface area contributed by atoms with E-state index in [0.29, 0.717) is 10.6 Å². The van der Waals surface area contributed by atoms with Crippen LogP contribution >= 0.6 is 12.6 Å². The number of hydrogen-bond donors (Lipinski definition) is 2. The number of pyridine rings is 1. The van der Waals surface area contributed by atoms with E-state index in [1.165, 1.54) is 0 Å². The quantitative estimate of drug-likeness (QED) is 0.744. The van der Waals surface area contributed by atoms with Gasteiger partial charge in [-0.3, -0.25) is 4.79 Å². The van der Waals surface area contributed by atoms with Gasteiger partial charge in [0.05, 0.1) is 5.56 Å². The third-order valence-electron chi connectivity index (χ3n) is 2.24. The van der Waals surface area contributed by atoms with Crippen molar-refractivity contribution in [3.8, 4) is 0 Å². The molecule has 3 nitrogen and oxygen atoms in total. The Morgan fingerprint density at radius 3 is 2.57 bits per heavy atom. The Kier molecular flexibility index (Phi) is 3.52. The number of aromatic nitrogens is 1. The normalized spacial score (nSPS) is 10.2. The SMILES string of the molecule is CCc1cnc(S)c(C(N)=O)c1CC. The Bertz CT molecular complexity index is 363. The molecule has 0 radical (unpaired) electrons. The van der Waals surface area contributed by atoms with Gasteiger partial charge in [-0.15, -0.1) is 12.6 Å². The zero-order chi connectivity index (χ0) is 10.7. The van der Waals surface area contributed by atoms with E-state index in [0.717, 1.165) is 24.0 Å². The molecule has 0 saturated heterocycles. The summed E-state index contributed by atoms with van der Waals surface area (Å²) in [7, 11) is 0. The predicted molar refractivity (Wildman–Crippen MR) is 58.8 cm³/mol. The Morgan fingerprint density at radius 1 is 1.50 bits per heavy atom. The van der Waals surface area contributed by atoms with Crippen LogP contribution in [0.4, 0.5) is 0 Å². The first-order valence-electron chi connectivity index (χ1n) is 4.61. The van der Waals surface area contributed by atoms with E-state index in [4.69, 9.17) is 5.73 Å². The lowest BCUT2D eigenvalue weighted by Crippen LogP contribution is -2.16. The highest BCUT2D eigenvalue weighted by Crippen LogP contribution is 2.20. The van der Waals surface area contributed by atoms with Crippen molar-refractivity contribution in [2.45, 2.75) is 31.7 Å². The maximum Gasteiger partial charge on any atom is 0.251 e. The molecule has 0 fully saturated rings. The molecular weight excluding hydrogens is 196 g/mol. The fourth-order valence-corrected chi connectivity index (χ4v) is 1.85. The van der Waals surface area contributed by atoms with Crippen molar-refractivity contribution >= 4 is 18.5 Å². The predicted octanol–water partition coefficient (Wildman–Crippen LogP) is 1.59. The van der Waals surface area contributed by atoms with Crippen molar-refractivity contribution in [1.82, 2.24) is 4.98 Å². The molecule has 0 aliphatic heterocycles. The third-order valence-corrected chi connectivity index (χ3v) is 2.58. The van der Waals surface area contributed by atoms with Crippen LogP contribution in [0.3, 0.4) is 0 Å². The minimum Gasteiger partial charge on any atom is -0.366 e. The number of nitrogens with zero attached hydrogens (tertiary/aromatic N) is 1. The largest absolute Gasteiger partial charge is 0.366 e. The Balaban J connectivity index is 3.42. The van der Waals surface area contributed by atoms with Crippen molar-refractivity contribution in [2.24, 2.45) is 5.73 Å². The van der Waals surface area contributed by atoms with E-state index < -0.39 is 5.91 Å². The van der Waals surface area contributed by atoms with E-state index in [1.807, 2.05) is 13.8 Å². The summed E-state index contributed by atoms with van der Waals surface area (Å²) in [5.74, 6) is -0.449. The zero-order valence-electron chi connectivity index (χ0n) is 8.37. The Morgan fingerprint density at radius 2 is 2.14 bits per heavy atom. The highest BCUT2D eigenvalue weighted by molar-refractivity contribution is 7.80. The van der Waals surface area contributed by atoms with Crippen LogP contribution in [0.2, 0.25) is 0 Å². The van der Waals surface area contributed by atoms with Gasteiger partial charge in [-0.25, -0.2) is 4.98 Å². The summed E-state index contributed by atoms with van der Waals surface area (Å²) in [5.41, 5.74) is 7.80. The Hall–Kier alpha value is -1.03. The zero-order valence-corrected chi connectivity index (χ0v) is 9.27. The second-order valence-corrected chi connectivity index (χ2v) is 3.46. The van der Waals surface area contributed by atoms with Gasteiger partial charge in [0.2, 0.25) is 0 Å². The lowest BCUT2D eigenvalue weighted by Gasteiger charge is -2.11. The molecule has 1 aromatic heterocycles. The van der Waals surface area contributed by atoms with Gasteiger partial charge < -0.3 is 5.73 Å². The molecule has 76 valence electrons. The standard InChI is InChI=1S/C10H14N2OS/c1-3-6-5-12-10(14)8(9(11)13)7(6)4-2/h5H,3-4H2,1-2H3,(H2,11,13)(H,12,14). The average Bonchev–Trinajstić information content (AvgIpc) is 2.16. The average molecular weight is 210 g/mol. The summed E-state index contributed by atoms with van der Waals surface area (Å²) in [6.07, 6.45) is 3.38. The number of thiol groups is 1. The number of aryl methyl sites for hydroxylation is 1.